The fraction of sp³-hybridized carbons (Fsp3) is 0.462. The van der Waals surface area contributed by atoms with Gasteiger partial charge >= 0.3 is 0 Å². The lowest BCUT2D eigenvalue weighted by Gasteiger charge is -2.05. The van der Waals surface area contributed by atoms with Crippen LogP contribution in [0.3, 0.4) is 0 Å². The third kappa shape index (κ3) is 5.85. The molecule has 0 radical (unpaired) electrons. The maximum absolute atomic E-state index is 11.8. The molecule has 0 atom stereocenters. The van der Waals surface area contributed by atoms with Gasteiger partial charge in [0.1, 0.15) is 6.61 Å². The second-order valence-corrected chi connectivity index (χ2v) is 5.59. The minimum atomic E-state index is -3.67. The van der Waals surface area contributed by atoms with E-state index in [2.05, 4.69) is 5.16 Å². The van der Waals surface area contributed by atoms with Crippen LogP contribution < -0.4 is 0 Å². The van der Waals surface area contributed by atoms with Crippen molar-refractivity contribution in [2.45, 2.75) is 31.6 Å². The standard InChI is InChI=1S/C13H19NO4S/c1-3-9-14-17-10-4-11-18-19(15,16)13-7-5-12(2)6-8-13/h5-9H,3-4,10-11H2,1-2H3/b14-9-. The van der Waals surface area contributed by atoms with Crippen molar-refractivity contribution in [3.8, 4) is 0 Å². The Morgan fingerprint density at radius 3 is 2.53 bits per heavy atom. The molecular formula is C13H19NO4S. The number of aryl methyl sites for hydroxylation is 1. The molecule has 0 spiro atoms. The van der Waals surface area contributed by atoms with Crippen LogP contribution in [-0.4, -0.2) is 27.8 Å². The van der Waals surface area contributed by atoms with E-state index < -0.39 is 10.1 Å². The average Bonchev–Trinajstić information content (AvgIpc) is 2.38. The Morgan fingerprint density at radius 1 is 1.21 bits per heavy atom. The minimum absolute atomic E-state index is 0.0812. The Kier molecular flexibility index (Phi) is 6.52. The molecule has 0 unspecified atom stereocenters. The van der Waals surface area contributed by atoms with Crippen LogP contribution in [0.2, 0.25) is 0 Å². The van der Waals surface area contributed by atoms with E-state index in [4.69, 9.17) is 9.02 Å². The van der Waals surface area contributed by atoms with E-state index in [1.807, 2.05) is 13.8 Å². The van der Waals surface area contributed by atoms with Gasteiger partial charge in [-0.05, 0) is 25.5 Å². The number of oxime groups is 1. The largest absolute Gasteiger partial charge is 0.396 e. The van der Waals surface area contributed by atoms with Gasteiger partial charge in [0.15, 0.2) is 0 Å². The summed E-state index contributed by atoms with van der Waals surface area (Å²) in [4.78, 5) is 5.07. The third-order valence-electron chi connectivity index (χ3n) is 2.26. The van der Waals surface area contributed by atoms with Gasteiger partial charge < -0.3 is 4.84 Å². The van der Waals surface area contributed by atoms with Crippen LogP contribution in [0.15, 0.2) is 34.3 Å². The molecule has 6 heteroatoms. The first kappa shape index (κ1) is 15.7. The van der Waals surface area contributed by atoms with Crippen LogP contribution in [-0.2, 0) is 19.1 Å². The van der Waals surface area contributed by atoms with Crippen LogP contribution in [0.25, 0.3) is 0 Å². The van der Waals surface area contributed by atoms with Gasteiger partial charge in [-0.1, -0.05) is 29.8 Å². The van der Waals surface area contributed by atoms with Gasteiger partial charge in [-0.3, -0.25) is 4.18 Å². The van der Waals surface area contributed by atoms with Crippen LogP contribution in [0.4, 0.5) is 0 Å². The first-order valence-electron chi connectivity index (χ1n) is 6.16. The fourth-order valence-corrected chi connectivity index (χ4v) is 2.19. The van der Waals surface area contributed by atoms with E-state index in [1.54, 1.807) is 18.3 Å². The minimum Gasteiger partial charge on any atom is -0.396 e. The maximum Gasteiger partial charge on any atom is 0.296 e. The first-order chi connectivity index (χ1) is 9.06. The Morgan fingerprint density at radius 2 is 1.89 bits per heavy atom. The van der Waals surface area contributed by atoms with Crippen molar-refractivity contribution in [3.05, 3.63) is 29.8 Å². The molecule has 0 amide bonds. The van der Waals surface area contributed by atoms with E-state index in [0.29, 0.717) is 13.0 Å². The topological polar surface area (TPSA) is 65.0 Å². The molecule has 0 bridgehead atoms. The summed E-state index contributed by atoms with van der Waals surface area (Å²) in [5.74, 6) is 0. The Balaban J connectivity index is 2.35. The summed E-state index contributed by atoms with van der Waals surface area (Å²) >= 11 is 0. The molecule has 106 valence electrons. The van der Waals surface area contributed by atoms with E-state index in [0.717, 1.165) is 12.0 Å². The molecule has 0 heterocycles. The lowest BCUT2D eigenvalue weighted by atomic mass is 10.2. The molecule has 0 aliphatic rings. The first-order valence-corrected chi connectivity index (χ1v) is 7.57. The van der Waals surface area contributed by atoms with Gasteiger partial charge in [0.05, 0.1) is 11.5 Å². The van der Waals surface area contributed by atoms with Crippen molar-refractivity contribution in [2.75, 3.05) is 13.2 Å². The van der Waals surface area contributed by atoms with Gasteiger partial charge in [0.25, 0.3) is 10.1 Å². The number of hydrogen-bond donors (Lipinski definition) is 0. The molecule has 0 aromatic heterocycles. The van der Waals surface area contributed by atoms with E-state index in [9.17, 15) is 8.42 Å². The Labute approximate surface area is 114 Å². The molecule has 1 aromatic carbocycles. The van der Waals surface area contributed by atoms with Crippen molar-refractivity contribution in [1.29, 1.82) is 0 Å². The molecule has 1 rings (SSSR count). The zero-order valence-electron chi connectivity index (χ0n) is 11.2. The summed E-state index contributed by atoms with van der Waals surface area (Å²) in [6.45, 7) is 4.26. The highest BCUT2D eigenvalue weighted by atomic mass is 32.2. The van der Waals surface area contributed by atoms with Crippen molar-refractivity contribution >= 4 is 16.3 Å². The van der Waals surface area contributed by atoms with Crippen LogP contribution in [0, 0.1) is 6.92 Å². The van der Waals surface area contributed by atoms with Gasteiger partial charge in [0.2, 0.25) is 0 Å². The van der Waals surface area contributed by atoms with Gasteiger partial charge in [-0.25, -0.2) is 0 Å². The quantitative estimate of drug-likeness (QED) is 0.318. The highest BCUT2D eigenvalue weighted by molar-refractivity contribution is 7.86. The molecule has 0 saturated heterocycles. The van der Waals surface area contributed by atoms with Crippen LogP contribution in [0.5, 0.6) is 0 Å². The van der Waals surface area contributed by atoms with Crippen molar-refractivity contribution in [3.63, 3.8) is 0 Å². The highest BCUT2D eigenvalue weighted by Crippen LogP contribution is 2.13. The molecule has 1 aromatic rings. The summed E-state index contributed by atoms with van der Waals surface area (Å²) in [5, 5.41) is 3.66. The summed E-state index contributed by atoms with van der Waals surface area (Å²) in [5.41, 5.74) is 1.00. The van der Waals surface area contributed by atoms with E-state index in [-0.39, 0.29) is 11.5 Å². The van der Waals surface area contributed by atoms with E-state index >= 15 is 0 Å². The van der Waals surface area contributed by atoms with E-state index in [1.165, 1.54) is 12.1 Å². The molecule has 19 heavy (non-hydrogen) atoms. The normalized spacial score (nSPS) is 11.9. The summed E-state index contributed by atoms with van der Waals surface area (Å²) in [7, 11) is -3.67. The number of nitrogens with zero attached hydrogens (tertiary/aromatic N) is 1. The lowest BCUT2D eigenvalue weighted by molar-refractivity contribution is 0.129. The zero-order chi connectivity index (χ0) is 14.1. The summed E-state index contributed by atoms with van der Waals surface area (Å²) in [6, 6.07) is 6.54. The average molecular weight is 285 g/mol. The zero-order valence-corrected chi connectivity index (χ0v) is 12.0. The lowest BCUT2D eigenvalue weighted by Crippen LogP contribution is -2.08. The number of rotatable bonds is 8. The fourth-order valence-electron chi connectivity index (χ4n) is 1.25. The van der Waals surface area contributed by atoms with Crippen LogP contribution in [0.1, 0.15) is 25.3 Å². The summed E-state index contributed by atoms with van der Waals surface area (Å²) < 4.78 is 28.5. The monoisotopic (exact) mass is 285 g/mol. The van der Waals surface area contributed by atoms with Crippen LogP contribution >= 0.6 is 0 Å². The molecular weight excluding hydrogens is 266 g/mol. The second-order valence-electron chi connectivity index (χ2n) is 3.97. The molecule has 5 nitrogen and oxygen atoms in total. The van der Waals surface area contributed by atoms with Crippen molar-refractivity contribution in [2.24, 2.45) is 5.16 Å². The SMILES string of the molecule is CC/C=N\OCCCOS(=O)(=O)c1ccc(C)cc1. The molecule has 0 N–H and O–H groups in total. The molecule has 0 aliphatic carbocycles. The van der Waals surface area contributed by atoms with Crippen molar-refractivity contribution in [1.82, 2.24) is 0 Å². The van der Waals surface area contributed by atoms with Gasteiger partial charge in [-0.15, -0.1) is 0 Å². The molecule has 0 saturated carbocycles. The number of benzene rings is 1. The van der Waals surface area contributed by atoms with Gasteiger partial charge in [-0.2, -0.15) is 8.42 Å². The predicted molar refractivity (Wildman–Crippen MR) is 73.7 cm³/mol. The second kappa shape index (κ2) is 7.91. The number of hydrogen-bond acceptors (Lipinski definition) is 5. The maximum atomic E-state index is 11.8. The smallest absolute Gasteiger partial charge is 0.296 e. The highest BCUT2D eigenvalue weighted by Gasteiger charge is 2.14. The Bertz CT molecular complexity index is 494. The molecule has 0 aliphatic heterocycles. The Hall–Kier alpha value is -1.40. The molecule has 0 fully saturated rings. The third-order valence-corrected chi connectivity index (χ3v) is 3.59. The summed E-state index contributed by atoms with van der Waals surface area (Å²) in [6.07, 6.45) is 2.91. The van der Waals surface area contributed by atoms with Gasteiger partial charge in [0, 0.05) is 12.6 Å². The van der Waals surface area contributed by atoms with Crippen molar-refractivity contribution < 1.29 is 17.4 Å². The predicted octanol–water partition coefficient (Wildman–Crippen LogP) is 2.50.